The van der Waals surface area contributed by atoms with Gasteiger partial charge in [0.25, 0.3) is 0 Å². The van der Waals surface area contributed by atoms with Crippen LogP contribution in [0.4, 0.5) is 10.6 Å². The van der Waals surface area contributed by atoms with Gasteiger partial charge in [-0.05, 0) is 55.6 Å². The normalized spacial score (nSPS) is 16.7. The van der Waals surface area contributed by atoms with E-state index in [-0.39, 0.29) is 22.8 Å². The lowest BCUT2D eigenvalue weighted by Crippen LogP contribution is -2.47. The van der Waals surface area contributed by atoms with Crippen LogP contribution in [0.25, 0.3) is 0 Å². The van der Waals surface area contributed by atoms with Crippen molar-refractivity contribution in [3.63, 3.8) is 0 Å². The third kappa shape index (κ3) is 5.55. The molecule has 0 aliphatic carbocycles. The zero-order valence-corrected chi connectivity index (χ0v) is 16.9. The van der Waals surface area contributed by atoms with Crippen molar-refractivity contribution in [2.45, 2.75) is 50.2 Å². The molecule has 1 fully saturated rings. The van der Waals surface area contributed by atoms with Gasteiger partial charge in [-0.3, -0.25) is 0 Å². The average molecular weight is 435 g/mol. The minimum atomic E-state index is -3.78. The first kappa shape index (κ1) is 19.9. The Hall–Kier alpha value is -1.39. The summed E-state index contributed by atoms with van der Waals surface area (Å²) in [6, 6.07) is 1.14. The molecule has 1 aromatic rings. The quantitative estimate of drug-likeness (QED) is 0.752. The minimum Gasteiger partial charge on any atom is -0.444 e. The molecule has 1 aliphatic heterocycles. The van der Waals surface area contributed by atoms with E-state index in [1.54, 1.807) is 4.90 Å². The number of likely N-dealkylation sites (tertiary alicyclic amines) is 1. The van der Waals surface area contributed by atoms with Crippen molar-refractivity contribution >= 4 is 37.9 Å². The number of hydrogen-bond acceptors (Lipinski definition) is 6. The monoisotopic (exact) mass is 434 g/mol. The van der Waals surface area contributed by atoms with Crippen molar-refractivity contribution in [1.29, 1.82) is 0 Å². The van der Waals surface area contributed by atoms with Crippen LogP contribution in [0.1, 0.15) is 33.6 Å². The second kappa shape index (κ2) is 7.46. The summed E-state index contributed by atoms with van der Waals surface area (Å²) in [6.45, 7) is 6.27. The highest BCUT2D eigenvalue weighted by atomic mass is 79.9. The van der Waals surface area contributed by atoms with E-state index in [2.05, 4.69) is 25.6 Å². The molecule has 0 aromatic carbocycles. The Morgan fingerprint density at radius 3 is 2.56 bits per heavy atom. The second-order valence-electron chi connectivity index (χ2n) is 6.90. The van der Waals surface area contributed by atoms with Gasteiger partial charge < -0.3 is 15.4 Å². The summed E-state index contributed by atoms with van der Waals surface area (Å²) in [7, 11) is -3.78. The van der Waals surface area contributed by atoms with Crippen LogP contribution in [0.15, 0.2) is 21.6 Å². The maximum Gasteiger partial charge on any atom is 0.410 e. The Bertz CT molecular complexity index is 740. The zero-order chi connectivity index (χ0) is 18.8. The van der Waals surface area contributed by atoms with E-state index in [9.17, 15) is 13.2 Å². The van der Waals surface area contributed by atoms with Crippen LogP contribution in [-0.4, -0.2) is 49.1 Å². The molecule has 140 valence electrons. The van der Waals surface area contributed by atoms with Gasteiger partial charge in [-0.2, -0.15) is 0 Å². The first-order valence-electron chi connectivity index (χ1n) is 7.89. The first-order valence-corrected chi connectivity index (χ1v) is 10.2. The standard InChI is InChI=1S/C15H23BrN4O4S/c1-15(2,3)24-14(21)20-6-4-11(5-7-20)19-25(22,23)12-8-10(16)9-18-13(12)17/h8-9,11,19H,4-7H2,1-3H3,(H2,17,18). The molecule has 1 saturated heterocycles. The molecule has 2 heterocycles. The Balaban J connectivity index is 1.97. The van der Waals surface area contributed by atoms with E-state index < -0.39 is 15.6 Å². The fourth-order valence-electron chi connectivity index (χ4n) is 2.44. The molecule has 3 N–H and O–H groups in total. The number of aromatic nitrogens is 1. The van der Waals surface area contributed by atoms with Crippen LogP contribution in [-0.2, 0) is 14.8 Å². The number of pyridine rings is 1. The number of nitrogen functional groups attached to an aromatic ring is 1. The number of amides is 1. The third-order valence-electron chi connectivity index (χ3n) is 3.61. The number of nitrogens with one attached hydrogen (secondary N) is 1. The number of nitrogens with zero attached hydrogens (tertiary/aromatic N) is 2. The summed E-state index contributed by atoms with van der Waals surface area (Å²) in [5, 5.41) is 0. The summed E-state index contributed by atoms with van der Waals surface area (Å²) in [4.78, 5) is 17.4. The van der Waals surface area contributed by atoms with E-state index in [0.717, 1.165) is 0 Å². The molecule has 1 aliphatic rings. The van der Waals surface area contributed by atoms with Crippen molar-refractivity contribution in [3.8, 4) is 0 Å². The first-order chi connectivity index (χ1) is 11.5. The molecule has 0 atom stereocenters. The van der Waals surface area contributed by atoms with Crippen LogP contribution < -0.4 is 10.5 Å². The van der Waals surface area contributed by atoms with Gasteiger partial charge in [0, 0.05) is 29.8 Å². The van der Waals surface area contributed by atoms with Gasteiger partial charge >= 0.3 is 6.09 Å². The Kier molecular flexibility index (Phi) is 5.95. The summed E-state index contributed by atoms with van der Waals surface area (Å²) in [5.74, 6) is -0.0538. The number of carbonyl (C=O) groups is 1. The fraction of sp³-hybridized carbons (Fsp3) is 0.600. The number of rotatable bonds is 3. The number of piperidine rings is 1. The van der Waals surface area contributed by atoms with Gasteiger partial charge in [-0.1, -0.05) is 0 Å². The molecule has 25 heavy (non-hydrogen) atoms. The number of ether oxygens (including phenoxy) is 1. The van der Waals surface area contributed by atoms with Crippen LogP contribution in [0.3, 0.4) is 0 Å². The van der Waals surface area contributed by atoms with Gasteiger partial charge in [0.15, 0.2) is 0 Å². The summed E-state index contributed by atoms with van der Waals surface area (Å²) >= 11 is 3.19. The lowest BCUT2D eigenvalue weighted by Gasteiger charge is -2.33. The third-order valence-corrected chi connectivity index (χ3v) is 5.59. The van der Waals surface area contributed by atoms with Crippen molar-refractivity contribution in [2.75, 3.05) is 18.8 Å². The lowest BCUT2D eigenvalue weighted by molar-refractivity contribution is 0.0204. The topological polar surface area (TPSA) is 115 Å². The Labute approximate surface area is 156 Å². The van der Waals surface area contributed by atoms with E-state index in [1.807, 2.05) is 20.8 Å². The van der Waals surface area contributed by atoms with Crippen LogP contribution in [0.5, 0.6) is 0 Å². The molecule has 0 radical (unpaired) electrons. The number of hydrogen-bond donors (Lipinski definition) is 2. The second-order valence-corrected chi connectivity index (χ2v) is 9.50. The smallest absolute Gasteiger partial charge is 0.410 e. The van der Waals surface area contributed by atoms with Crippen molar-refractivity contribution in [2.24, 2.45) is 0 Å². The van der Waals surface area contributed by atoms with Gasteiger partial charge in [-0.25, -0.2) is 22.9 Å². The van der Waals surface area contributed by atoms with Gasteiger partial charge in [0.05, 0.1) is 0 Å². The number of nitrogens with two attached hydrogens (primary N) is 1. The van der Waals surface area contributed by atoms with E-state index in [1.165, 1.54) is 12.3 Å². The molecule has 10 heteroatoms. The number of halogens is 1. The van der Waals surface area contributed by atoms with Gasteiger partial charge in [0.2, 0.25) is 10.0 Å². The van der Waals surface area contributed by atoms with Crippen LogP contribution in [0, 0.1) is 0 Å². The summed E-state index contributed by atoms with van der Waals surface area (Å²) in [5.41, 5.74) is 5.13. The predicted octanol–water partition coefficient (Wildman–Crippen LogP) is 2.10. The van der Waals surface area contributed by atoms with Gasteiger partial charge in [0.1, 0.15) is 16.3 Å². The fourth-order valence-corrected chi connectivity index (χ4v) is 4.33. The average Bonchev–Trinajstić information content (AvgIpc) is 2.48. The molecule has 1 amide bonds. The van der Waals surface area contributed by atoms with Gasteiger partial charge in [-0.15, -0.1) is 0 Å². The molecule has 0 spiro atoms. The number of anilines is 1. The molecule has 8 nitrogen and oxygen atoms in total. The van der Waals surface area contributed by atoms with Crippen molar-refractivity contribution in [1.82, 2.24) is 14.6 Å². The number of carbonyl (C=O) groups excluding carboxylic acids is 1. The van der Waals surface area contributed by atoms with E-state index in [0.29, 0.717) is 30.4 Å². The maximum atomic E-state index is 12.5. The highest BCUT2D eigenvalue weighted by Crippen LogP contribution is 2.22. The minimum absolute atomic E-state index is 0.0538. The molecule has 2 rings (SSSR count). The number of sulfonamides is 1. The molecule has 0 bridgehead atoms. The summed E-state index contributed by atoms with van der Waals surface area (Å²) in [6.07, 6.45) is 2.06. The van der Waals surface area contributed by atoms with E-state index in [4.69, 9.17) is 10.5 Å². The Morgan fingerprint density at radius 1 is 1.40 bits per heavy atom. The lowest BCUT2D eigenvalue weighted by atomic mass is 10.1. The molecular formula is C15H23BrN4O4S. The predicted molar refractivity (Wildman–Crippen MR) is 97.5 cm³/mol. The molecule has 1 aromatic heterocycles. The van der Waals surface area contributed by atoms with Crippen molar-refractivity contribution in [3.05, 3.63) is 16.7 Å². The van der Waals surface area contributed by atoms with Crippen LogP contribution >= 0.6 is 15.9 Å². The maximum absolute atomic E-state index is 12.5. The molecule has 0 saturated carbocycles. The van der Waals surface area contributed by atoms with Crippen molar-refractivity contribution < 1.29 is 17.9 Å². The largest absolute Gasteiger partial charge is 0.444 e. The van der Waals surface area contributed by atoms with Crippen LogP contribution in [0.2, 0.25) is 0 Å². The molecule has 0 unspecified atom stereocenters. The highest BCUT2D eigenvalue weighted by Gasteiger charge is 2.30. The summed E-state index contributed by atoms with van der Waals surface area (Å²) < 4.78 is 33.5. The Morgan fingerprint density at radius 2 is 2.00 bits per heavy atom. The zero-order valence-electron chi connectivity index (χ0n) is 14.5. The SMILES string of the molecule is CC(C)(C)OC(=O)N1CCC(NS(=O)(=O)c2cc(Br)cnc2N)CC1. The highest BCUT2D eigenvalue weighted by molar-refractivity contribution is 9.10. The molecular weight excluding hydrogens is 412 g/mol. The van der Waals surface area contributed by atoms with E-state index >= 15 is 0 Å².